The van der Waals surface area contributed by atoms with Gasteiger partial charge in [0, 0.05) is 22.5 Å². The number of nitriles is 1. The Bertz CT molecular complexity index is 990. The van der Waals surface area contributed by atoms with Crippen LogP contribution in [-0.2, 0) is 17.8 Å². The molecule has 0 unspecified atom stereocenters. The Kier molecular flexibility index (Phi) is 6.12. The second kappa shape index (κ2) is 8.72. The molecule has 3 rings (SSSR count). The first-order valence-corrected chi connectivity index (χ1v) is 9.05. The van der Waals surface area contributed by atoms with Crippen LogP contribution in [0.1, 0.15) is 23.1 Å². The number of carbonyl (C=O) groups is 1. The summed E-state index contributed by atoms with van der Waals surface area (Å²) < 4.78 is 1.68. The summed E-state index contributed by atoms with van der Waals surface area (Å²) >= 11 is 12.1. The van der Waals surface area contributed by atoms with Crippen LogP contribution in [0.25, 0.3) is 0 Å². The molecule has 136 valence electrons. The van der Waals surface area contributed by atoms with Gasteiger partial charge in [-0.05, 0) is 41.8 Å². The minimum Gasteiger partial charge on any atom is -0.311 e. The Balaban J connectivity index is 1.60. The van der Waals surface area contributed by atoms with Crippen LogP contribution in [0, 0.1) is 11.3 Å². The van der Waals surface area contributed by atoms with E-state index in [2.05, 4.69) is 16.5 Å². The average Bonchev–Trinajstić information content (AvgIpc) is 3.09. The largest absolute Gasteiger partial charge is 0.311 e. The molecule has 0 bridgehead atoms. The third kappa shape index (κ3) is 5.10. The highest BCUT2D eigenvalue weighted by atomic mass is 35.5. The van der Waals surface area contributed by atoms with E-state index in [-0.39, 0.29) is 5.91 Å². The fourth-order valence-corrected chi connectivity index (χ4v) is 3.05. The molecule has 0 spiro atoms. The van der Waals surface area contributed by atoms with E-state index in [1.165, 1.54) is 0 Å². The molecule has 2 aromatic carbocycles. The van der Waals surface area contributed by atoms with Gasteiger partial charge in [0.1, 0.15) is 5.82 Å². The molecule has 27 heavy (non-hydrogen) atoms. The lowest BCUT2D eigenvalue weighted by Gasteiger charge is -2.10. The van der Waals surface area contributed by atoms with Crippen LogP contribution >= 0.6 is 23.2 Å². The topological polar surface area (TPSA) is 70.7 Å². The summed E-state index contributed by atoms with van der Waals surface area (Å²) in [7, 11) is 0. The molecule has 0 atom stereocenters. The molecule has 1 heterocycles. The molecule has 7 heteroatoms. The van der Waals surface area contributed by atoms with Crippen molar-refractivity contribution in [2.75, 3.05) is 5.32 Å². The lowest BCUT2D eigenvalue weighted by atomic mass is 10.1. The molecule has 0 saturated carbocycles. The summed E-state index contributed by atoms with van der Waals surface area (Å²) in [6.07, 6.45) is 2.55. The molecule has 1 aromatic heterocycles. The van der Waals surface area contributed by atoms with Crippen molar-refractivity contribution in [1.82, 2.24) is 9.78 Å². The number of benzene rings is 2. The van der Waals surface area contributed by atoms with Crippen LogP contribution in [0.3, 0.4) is 0 Å². The van der Waals surface area contributed by atoms with E-state index in [9.17, 15) is 4.79 Å². The summed E-state index contributed by atoms with van der Waals surface area (Å²) in [4.78, 5) is 12.3. The zero-order chi connectivity index (χ0) is 19.2. The van der Waals surface area contributed by atoms with Crippen molar-refractivity contribution in [1.29, 1.82) is 5.26 Å². The van der Waals surface area contributed by atoms with Gasteiger partial charge in [-0.3, -0.25) is 4.79 Å². The minimum absolute atomic E-state index is 0.108. The van der Waals surface area contributed by atoms with Crippen molar-refractivity contribution in [2.24, 2.45) is 0 Å². The molecule has 0 aliphatic carbocycles. The first-order chi connectivity index (χ1) is 13.0. The Morgan fingerprint density at radius 3 is 2.63 bits per heavy atom. The van der Waals surface area contributed by atoms with Gasteiger partial charge in [0.25, 0.3) is 0 Å². The summed E-state index contributed by atoms with van der Waals surface area (Å²) in [5.74, 6) is 0.495. The molecule has 1 amide bonds. The van der Waals surface area contributed by atoms with E-state index in [4.69, 9.17) is 28.5 Å². The maximum Gasteiger partial charge on any atom is 0.225 e. The van der Waals surface area contributed by atoms with E-state index in [1.54, 1.807) is 41.2 Å². The van der Waals surface area contributed by atoms with E-state index >= 15 is 0 Å². The van der Waals surface area contributed by atoms with Crippen molar-refractivity contribution in [3.05, 3.63) is 81.5 Å². The van der Waals surface area contributed by atoms with E-state index in [0.29, 0.717) is 40.8 Å². The van der Waals surface area contributed by atoms with Crippen LogP contribution in [0.4, 0.5) is 5.82 Å². The van der Waals surface area contributed by atoms with Gasteiger partial charge in [-0.2, -0.15) is 10.4 Å². The number of aromatic nitrogens is 2. The van der Waals surface area contributed by atoms with Crippen molar-refractivity contribution in [2.45, 2.75) is 19.4 Å². The Labute approximate surface area is 167 Å². The minimum atomic E-state index is -0.108. The zero-order valence-electron chi connectivity index (χ0n) is 14.3. The third-order valence-corrected chi connectivity index (χ3v) is 4.63. The van der Waals surface area contributed by atoms with Crippen LogP contribution < -0.4 is 5.32 Å². The highest BCUT2D eigenvalue weighted by molar-refractivity contribution is 6.35. The highest BCUT2D eigenvalue weighted by Gasteiger charge is 2.10. The van der Waals surface area contributed by atoms with Gasteiger partial charge in [0.05, 0.1) is 24.4 Å². The third-order valence-electron chi connectivity index (χ3n) is 4.04. The molecule has 3 aromatic rings. The Morgan fingerprint density at radius 2 is 1.93 bits per heavy atom. The van der Waals surface area contributed by atoms with Gasteiger partial charge < -0.3 is 5.32 Å². The van der Waals surface area contributed by atoms with Gasteiger partial charge >= 0.3 is 0 Å². The summed E-state index contributed by atoms with van der Waals surface area (Å²) in [5, 5.41) is 17.1. The van der Waals surface area contributed by atoms with E-state index in [0.717, 1.165) is 11.1 Å². The van der Waals surface area contributed by atoms with Crippen molar-refractivity contribution in [3.8, 4) is 6.07 Å². The van der Waals surface area contributed by atoms with E-state index < -0.39 is 0 Å². The number of hydrogen-bond donors (Lipinski definition) is 1. The Hall–Kier alpha value is -2.81. The first-order valence-electron chi connectivity index (χ1n) is 8.30. The van der Waals surface area contributed by atoms with Gasteiger partial charge in [-0.1, -0.05) is 41.4 Å². The lowest BCUT2D eigenvalue weighted by molar-refractivity contribution is -0.116. The summed E-state index contributed by atoms with van der Waals surface area (Å²) in [5.41, 5.74) is 2.47. The number of halogens is 2. The second-order valence-electron chi connectivity index (χ2n) is 5.97. The van der Waals surface area contributed by atoms with Crippen molar-refractivity contribution < 1.29 is 4.79 Å². The van der Waals surface area contributed by atoms with Crippen LogP contribution in [0.15, 0.2) is 54.7 Å². The van der Waals surface area contributed by atoms with Crippen molar-refractivity contribution in [3.63, 3.8) is 0 Å². The molecular weight excluding hydrogens is 383 g/mol. The monoisotopic (exact) mass is 398 g/mol. The molecule has 5 nitrogen and oxygen atoms in total. The molecule has 1 N–H and O–H groups in total. The fourth-order valence-electron chi connectivity index (χ4n) is 2.59. The number of carbonyl (C=O) groups excluding carboxylic acids is 1. The van der Waals surface area contributed by atoms with Crippen molar-refractivity contribution >= 4 is 34.9 Å². The second-order valence-corrected chi connectivity index (χ2v) is 6.81. The zero-order valence-corrected chi connectivity index (χ0v) is 15.8. The maximum atomic E-state index is 12.3. The van der Waals surface area contributed by atoms with Gasteiger partial charge in [0.2, 0.25) is 5.91 Å². The SMILES string of the molecule is N#Cc1ccc(CCC(=O)Nc2ccnn2Cc2ccc(Cl)cc2Cl)cc1. The lowest BCUT2D eigenvalue weighted by Crippen LogP contribution is -2.16. The highest BCUT2D eigenvalue weighted by Crippen LogP contribution is 2.22. The number of rotatable bonds is 6. The first kappa shape index (κ1) is 19.0. The van der Waals surface area contributed by atoms with E-state index in [1.807, 2.05) is 18.2 Å². The summed E-state index contributed by atoms with van der Waals surface area (Å²) in [6, 6.07) is 16.3. The normalized spacial score (nSPS) is 10.4. The quantitative estimate of drug-likeness (QED) is 0.654. The van der Waals surface area contributed by atoms with Gasteiger partial charge in [-0.15, -0.1) is 0 Å². The average molecular weight is 399 g/mol. The fraction of sp³-hybridized carbons (Fsp3) is 0.150. The number of aryl methyl sites for hydroxylation is 1. The molecule has 0 fully saturated rings. The number of amides is 1. The molecule has 0 saturated heterocycles. The molecule has 0 aliphatic heterocycles. The van der Waals surface area contributed by atoms with Crippen LogP contribution in [0.2, 0.25) is 10.0 Å². The standard InChI is InChI=1S/C20H16Cl2N4O/c21-17-7-6-16(18(22)11-17)13-26-19(9-10-24-26)25-20(27)8-5-14-1-3-15(12-23)4-2-14/h1-4,6-7,9-11H,5,8,13H2,(H,25,27). The number of hydrogen-bond acceptors (Lipinski definition) is 3. The molecular formula is C20H16Cl2N4O. The molecule has 0 aliphatic rings. The number of nitrogens with zero attached hydrogens (tertiary/aromatic N) is 3. The maximum absolute atomic E-state index is 12.3. The molecule has 0 radical (unpaired) electrons. The predicted octanol–water partition coefficient (Wildman–Crippen LogP) is 4.68. The predicted molar refractivity (Wildman–Crippen MR) is 106 cm³/mol. The smallest absolute Gasteiger partial charge is 0.225 e. The van der Waals surface area contributed by atoms with Crippen LogP contribution in [-0.4, -0.2) is 15.7 Å². The Morgan fingerprint density at radius 1 is 1.15 bits per heavy atom. The van der Waals surface area contributed by atoms with Crippen LogP contribution in [0.5, 0.6) is 0 Å². The summed E-state index contributed by atoms with van der Waals surface area (Å²) in [6.45, 7) is 0.425. The number of nitrogens with one attached hydrogen (secondary N) is 1. The van der Waals surface area contributed by atoms with Gasteiger partial charge in [0.15, 0.2) is 0 Å². The van der Waals surface area contributed by atoms with Gasteiger partial charge in [-0.25, -0.2) is 4.68 Å². The number of anilines is 1.